The Morgan fingerprint density at radius 2 is 1.76 bits per heavy atom. The molecule has 0 aliphatic carbocycles. The van der Waals surface area contributed by atoms with Gasteiger partial charge < -0.3 is 15.5 Å². The van der Waals surface area contributed by atoms with Crippen molar-refractivity contribution in [2.24, 2.45) is 0 Å². The fourth-order valence-electron chi connectivity index (χ4n) is 4.01. The van der Waals surface area contributed by atoms with Crippen molar-refractivity contribution in [1.82, 2.24) is 24.4 Å². The first-order valence-electron chi connectivity index (χ1n) is 11.6. The summed E-state index contributed by atoms with van der Waals surface area (Å²) < 4.78 is 29.7. The Bertz CT molecular complexity index is 1520. The van der Waals surface area contributed by atoms with Crippen molar-refractivity contribution in [1.29, 1.82) is 0 Å². The molecule has 196 valence electrons. The van der Waals surface area contributed by atoms with Gasteiger partial charge >= 0.3 is 0 Å². The number of aromatic nitrogens is 3. The SMILES string of the molecule is CN(C)CCCN(C)Cc1cnn2c(N)c(-c3ccc(NS(=O)(=O)c4ccccc4Cl)cc3Cl)cnc12. The zero-order chi connectivity index (χ0) is 26.7. The Hall–Kier alpha value is -2.89. The van der Waals surface area contributed by atoms with Gasteiger partial charge in [0.15, 0.2) is 5.65 Å². The molecule has 0 radical (unpaired) electrons. The highest BCUT2D eigenvalue weighted by molar-refractivity contribution is 7.92. The predicted molar refractivity (Wildman–Crippen MR) is 150 cm³/mol. The minimum absolute atomic E-state index is 0.0198. The molecule has 2 aromatic heterocycles. The number of hydrogen-bond donors (Lipinski definition) is 2. The number of nitrogen functional groups attached to an aromatic ring is 1. The predicted octanol–water partition coefficient (Wildman–Crippen LogP) is 4.47. The molecule has 2 aromatic carbocycles. The molecule has 0 unspecified atom stereocenters. The van der Waals surface area contributed by atoms with Gasteiger partial charge in [-0.1, -0.05) is 41.4 Å². The average Bonchev–Trinajstić information content (AvgIpc) is 3.23. The highest BCUT2D eigenvalue weighted by Gasteiger charge is 2.19. The fraction of sp³-hybridized carbons (Fsp3) is 0.280. The Morgan fingerprint density at radius 1 is 1.00 bits per heavy atom. The largest absolute Gasteiger partial charge is 0.383 e. The third-order valence-electron chi connectivity index (χ3n) is 5.86. The molecule has 0 bridgehead atoms. The van der Waals surface area contributed by atoms with Crippen LogP contribution in [0, 0.1) is 0 Å². The molecule has 2 heterocycles. The average molecular weight is 563 g/mol. The summed E-state index contributed by atoms with van der Waals surface area (Å²) in [5, 5.41) is 4.88. The third kappa shape index (κ3) is 6.16. The van der Waals surface area contributed by atoms with Crippen molar-refractivity contribution < 1.29 is 8.42 Å². The monoisotopic (exact) mass is 561 g/mol. The first-order chi connectivity index (χ1) is 17.6. The third-order valence-corrected chi connectivity index (χ3v) is 8.05. The van der Waals surface area contributed by atoms with Crippen molar-refractivity contribution in [3.05, 3.63) is 70.5 Å². The normalized spacial score (nSPS) is 12.1. The van der Waals surface area contributed by atoms with E-state index in [0.717, 1.165) is 25.1 Å². The van der Waals surface area contributed by atoms with Gasteiger partial charge in [0.1, 0.15) is 10.7 Å². The van der Waals surface area contributed by atoms with Crippen molar-refractivity contribution in [2.75, 3.05) is 44.7 Å². The van der Waals surface area contributed by atoms with Gasteiger partial charge in [0.2, 0.25) is 0 Å². The number of nitrogens with zero attached hydrogens (tertiary/aromatic N) is 5. The van der Waals surface area contributed by atoms with E-state index in [0.29, 0.717) is 39.8 Å². The zero-order valence-electron chi connectivity index (χ0n) is 20.8. The van der Waals surface area contributed by atoms with Crippen molar-refractivity contribution in [3.63, 3.8) is 0 Å². The van der Waals surface area contributed by atoms with Crippen LogP contribution in [-0.4, -0.2) is 67.0 Å². The molecule has 0 fully saturated rings. The number of sulfonamides is 1. The van der Waals surface area contributed by atoms with E-state index in [2.05, 4.69) is 45.7 Å². The quantitative estimate of drug-likeness (QED) is 0.294. The number of fused-ring (bicyclic) bond motifs is 1. The number of rotatable bonds is 10. The number of hydrogen-bond acceptors (Lipinski definition) is 7. The van der Waals surface area contributed by atoms with Crippen molar-refractivity contribution in [3.8, 4) is 11.1 Å². The summed E-state index contributed by atoms with van der Waals surface area (Å²) in [5.41, 5.74) is 9.61. The molecule has 3 N–H and O–H groups in total. The van der Waals surface area contributed by atoms with Crippen LogP contribution in [0.1, 0.15) is 12.0 Å². The van der Waals surface area contributed by atoms with E-state index in [1.165, 1.54) is 18.2 Å². The van der Waals surface area contributed by atoms with Gasteiger partial charge in [-0.3, -0.25) is 4.72 Å². The molecule has 0 aliphatic rings. The van der Waals surface area contributed by atoms with Gasteiger partial charge in [0.05, 0.1) is 21.9 Å². The molecular formula is C25H29Cl2N7O2S. The van der Waals surface area contributed by atoms with E-state index < -0.39 is 10.0 Å². The van der Waals surface area contributed by atoms with Crippen molar-refractivity contribution in [2.45, 2.75) is 17.9 Å². The zero-order valence-corrected chi connectivity index (χ0v) is 23.1. The Morgan fingerprint density at radius 3 is 2.46 bits per heavy atom. The second kappa shape index (κ2) is 11.2. The molecule has 37 heavy (non-hydrogen) atoms. The van der Waals surface area contributed by atoms with Crippen LogP contribution in [0.2, 0.25) is 10.0 Å². The molecule has 0 saturated carbocycles. The Labute approximate surface area is 226 Å². The van der Waals surface area contributed by atoms with Crippen LogP contribution in [0.3, 0.4) is 0 Å². The van der Waals surface area contributed by atoms with E-state index in [1.54, 1.807) is 41.2 Å². The number of anilines is 2. The highest BCUT2D eigenvalue weighted by atomic mass is 35.5. The summed E-state index contributed by atoms with van der Waals surface area (Å²) in [6, 6.07) is 11.0. The van der Waals surface area contributed by atoms with Crippen molar-refractivity contribution >= 4 is 50.4 Å². The van der Waals surface area contributed by atoms with Gasteiger partial charge in [-0.15, -0.1) is 0 Å². The molecule has 4 rings (SSSR count). The van der Waals surface area contributed by atoms with E-state index in [-0.39, 0.29) is 9.92 Å². The van der Waals surface area contributed by atoms with Crippen LogP contribution < -0.4 is 10.5 Å². The van der Waals surface area contributed by atoms with E-state index in [9.17, 15) is 8.42 Å². The Kier molecular flexibility index (Phi) is 8.25. The highest BCUT2D eigenvalue weighted by Crippen LogP contribution is 2.35. The number of halogens is 2. The molecular weight excluding hydrogens is 533 g/mol. The maximum Gasteiger partial charge on any atom is 0.263 e. The van der Waals surface area contributed by atoms with E-state index in [4.69, 9.17) is 28.9 Å². The lowest BCUT2D eigenvalue weighted by atomic mass is 10.1. The van der Waals surface area contributed by atoms with E-state index >= 15 is 0 Å². The smallest absolute Gasteiger partial charge is 0.263 e. The van der Waals surface area contributed by atoms with Crippen LogP contribution in [0.25, 0.3) is 16.8 Å². The molecule has 9 nitrogen and oxygen atoms in total. The first-order valence-corrected chi connectivity index (χ1v) is 13.8. The number of nitrogens with two attached hydrogens (primary N) is 1. The van der Waals surface area contributed by atoms with Crippen LogP contribution in [-0.2, 0) is 16.6 Å². The molecule has 12 heteroatoms. The Balaban J connectivity index is 1.55. The van der Waals surface area contributed by atoms with Gasteiger partial charge in [-0.25, -0.2) is 13.4 Å². The maximum absolute atomic E-state index is 12.8. The molecule has 0 saturated heterocycles. The summed E-state index contributed by atoms with van der Waals surface area (Å²) in [6.45, 7) is 2.67. The number of nitrogens with one attached hydrogen (secondary N) is 1. The molecule has 0 spiro atoms. The molecule has 0 atom stereocenters. The second-order valence-corrected chi connectivity index (χ2v) is 11.6. The maximum atomic E-state index is 12.8. The minimum Gasteiger partial charge on any atom is -0.383 e. The van der Waals surface area contributed by atoms with Crippen LogP contribution >= 0.6 is 23.2 Å². The second-order valence-electron chi connectivity index (χ2n) is 9.09. The summed E-state index contributed by atoms with van der Waals surface area (Å²) in [5.74, 6) is 0.387. The fourth-order valence-corrected chi connectivity index (χ4v) is 5.86. The lowest BCUT2D eigenvalue weighted by Crippen LogP contribution is -2.23. The topological polar surface area (TPSA) is 109 Å². The number of benzene rings is 2. The molecule has 4 aromatic rings. The summed E-state index contributed by atoms with van der Waals surface area (Å²) in [7, 11) is 2.30. The summed E-state index contributed by atoms with van der Waals surface area (Å²) in [6.07, 6.45) is 4.50. The molecule has 0 amide bonds. The van der Waals surface area contributed by atoms with Gasteiger partial charge in [0.25, 0.3) is 10.0 Å². The van der Waals surface area contributed by atoms with Gasteiger partial charge in [-0.05, 0) is 64.9 Å². The van der Waals surface area contributed by atoms with E-state index in [1.807, 2.05) is 0 Å². The lowest BCUT2D eigenvalue weighted by molar-refractivity contribution is 0.295. The first kappa shape index (κ1) is 27.2. The van der Waals surface area contributed by atoms with Gasteiger partial charge in [-0.2, -0.15) is 9.61 Å². The van der Waals surface area contributed by atoms with Crippen LogP contribution in [0.15, 0.2) is 59.8 Å². The summed E-state index contributed by atoms with van der Waals surface area (Å²) in [4.78, 5) is 8.99. The lowest BCUT2D eigenvalue weighted by Gasteiger charge is -2.17. The standard InChI is InChI=1S/C25H29Cl2N7O2S/c1-32(2)11-6-12-33(3)16-17-14-30-34-24(28)20(15-29-25(17)34)19-10-9-18(13-22(19)27)31-37(35,36)23-8-5-4-7-21(23)26/h4-5,7-10,13-15,31H,6,11-12,16,28H2,1-3H3. The van der Waals surface area contributed by atoms with Crippen LogP contribution in [0.4, 0.5) is 11.5 Å². The molecule has 0 aliphatic heterocycles. The van der Waals surface area contributed by atoms with Gasteiger partial charge in [0, 0.05) is 29.4 Å². The summed E-state index contributed by atoms with van der Waals surface area (Å²) >= 11 is 12.6. The van der Waals surface area contributed by atoms with Crippen LogP contribution in [0.5, 0.6) is 0 Å². The minimum atomic E-state index is -3.89.